The van der Waals surface area contributed by atoms with E-state index in [-0.39, 0.29) is 11.9 Å². The minimum absolute atomic E-state index is 0.0146. The topological polar surface area (TPSA) is 59.2 Å². The largest absolute Gasteiger partial charge is 0.384 e. The zero-order chi connectivity index (χ0) is 12.4. The monoisotopic (exact) mass is 233 g/mol. The summed E-state index contributed by atoms with van der Waals surface area (Å²) >= 11 is 0. The molecule has 0 unspecified atom stereocenters. The smallest absolute Gasteiger partial charge is 0.272 e. The summed E-state index contributed by atoms with van der Waals surface area (Å²) in [6.45, 7) is 4.91. The minimum atomic E-state index is -0.0146. The Morgan fingerprint density at radius 2 is 2.24 bits per heavy atom. The van der Waals surface area contributed by atoms with Crippen LogP contribution in [-0.2, 0) is 0 Å². The fourth-order valence-electron chi connectivity index (χ4n) is 1.82. The Balaban J connectivity index is 2.14. The van der Waals surface area contributed by atoms with E-state index in [2.05, 4.69) is 4.98 Å². The number of carbonyl (C=O) groups excluding carboxylic acids is 1. The molecule has 0 bridgehead atoms. The summed E-state index contributed by atoms with van der Waals surface area (Å²) in [5.74, 6) is 1.06. The van der Waals surface area contributed by atoms with Gasteiger partial charge in [-0.05, 0) is 44.7 Å². The second-order valence-corrected chi connectivity index (χ2v) is 4.94. The van der Waals surface area contributed by atoms with E-state index in [1.165, 1.54) is 12.8 Å². The second kappa shape index (κ2) is 4.73. The maximum absolute atomic E-state index is 12.3. The van der Waals surface area contributed by atoms with E-state index in [4.69, 9.17) is 5.73 Å². The fraction of sp³-hybridized carbons (Fsp3) is 0.538. The lowest BCUT2D eigenvalue weighted by Crippen LogP contribution is -2.39. The van der Waals surface area contributed by atoms with Crippen LogP contribution < -0.4 is 5.73 Å². The van der Waals surface area contributed by atoms with Gasteiger partial charge in [0, 0.05) is 12.6 Å². The average Bonchev–Trinajstić information content (AvgIpc) is 3.08. The molecule has 1 aromatic rings. The zero-order valence-electron chi connectivity index (χ0n) is 10.4. The quantitative estimate of drug-likeness (QED) is 0.864. The van der Waals surface area contributed by atoms with Gasteiger partial charge in [0.25, 0.3) is 5.91 Å². The third-order valence-electron chi connectivity index (χ3n) is 3.03. The maximum atomic E-state index is 12.3. The minimum Gasteiger partial charge on any atom is -0.384 e. The van der Waals surface area contributed by atoms with Gasteiger partial charge < -0.3 is 10.6 Å². The molecule has 0 atom stereocenters. The lowest BCUT2D eigenvalue weighted by Gasteiger charge is -2.26. The van der Waals surface area contributed by atoms with Gasteiger partial charge in [0.1, 0.15) is 11.5 Å². The SMILES string of the molecule is CC(C)N(CC1CC1)C(=O)c1cccc(N)n1. The molecule has 1 aromatic heterocycles. The first-order valence-electron chi connectivity index (χ1n) is 6.11. The first kappa shape index (κ1) is 11.9. The van der Waals surface area contributed by atoms with Gasteiger partial charge in [-0.1, -0.05) is 6.07 Å². The summed E-state index contributed by atoms with van der Waals surface area (Å²) in [6.07, 6.45) is 2.47. The van der Waals surface area contributed by atoms with Crippen LogP contribution in [0.5, 0.6) is 0 Å². The van der Waals surface area contributed by atoms with Gasteiger partial charge in [0.2, 0.25) is 0 Å². The molecular formula is C13H19N3O. The van der Waals surface area contributed by atoms with Crippen molar-refractivity contribution < 1.29 is 4.79 Å². The first-order chi connectivity index (χ1) is 8.08. The predicted molar refractivity (Wildman–Crippen MR) is 67.5 cm³/mol. The molecule has 0 saturated heterocycles. The van der Waals surface area contributed by atoms with Crippen molar-refractivity contribution in [1.82, 2.24) is 9.88 Å². The molecule has 1 amide bonds. The van der Waals surface area contributed by atoms with E-state index >= 15 is 0 Å². The number of rotatable bonds is 4. The standard InChI is InChI=1S/C13H19N3O/c1-9(2)16(8-10-6-7-10)13(17)11-4-3-5-12(14)15-11/h3-5,9-10H,6-8H2,1-2H3,(H2,14,15). The number of hydrogen-bond donors (Lipinski definition) is 1. The number of nitrogens with zero attached hydrogens (tertiary/aromatic N) is 2. The summed E-state index contributed by atoms with van der Waals surface area (Å²) in [4.78, 5) is 18.3. The maximum Gasteiger partial charge on any atom is 0.272 e. The highest BCUT2D eigenvalue weighted by Gasteiger charge is 2.29. The molecule has 92 valence electrons. The van der Waals surface area contributed by atoms with E-state index < -0.39 is 0 Å². The molecule has 0 spiro atoms. The number of nitrogens with two attached hydrogens (primary N) is 1. The Hall–Kier alpha value is -1.58. The average molecular weight is 233 g/mol. The van der Waals surface area contributed by atoms with Crippen molar-refractivity contribution in [2.45, 2.75) is 32.7 Å². The molecule has 2 N–H and O–H groups in total. The zero-order valence-corrected chi connectivity index (χ0v) is 10.4. The molecule has 1 aliphatic carbocycles. The van der Waals surface area contributed by atoms with Crippen molar-refractivity contribution in [3.05, 3.63) is 23.9 Å². The molecule has 4 heteroatoms. The van der Waals surface area contributed by atoms with E-state index in [9.17, 15) is 4.79 Å². The molecule has 1 aliphatic rings. The number of hydrogen-bond acceptors (Lipinski definition) is 3. The second-order valence-electron chi connectivity index (χ2n) is 4.94. The first-order valence-corrected chi connectivity index (χ1v) is 6.11. The summed E-state index contributed by atoms with van der Waals surface area (Å²) < 4.78 is 0. The third kappa shape index (κ3) is 2.96. The summed E-state index contributed by atoms with van der Waals surface area (Å²) in [6, 6.07) is 5.38. The molecular weight excluding hydrogens is 214 g/mol. The van der Waals surface area contributed by atoms with Crippen LogP contribution in [0.15, 0.2) is 18.2 Å². The van der Waals surface area contributed by atoms with E-state index in [1.807, 2.05) is 18.7 Å². The van der Waals surface area contributed by atoms with Gasteiger partial charge in [-0.25, -0.2) is 4.98 Å². The molecule has 1 heterocycles. The van der Waals surface area contributed by atoms with Gasteiger partial charge in [0.15, 0.2) is 0 Å². The van der Waals surface area contributed by atoms with Crippen LogP contribution in [0.2, 0.25) is 0 Å². The van der Waals surface area contributed by atoms with Gasteiger partial charge in [-0.2, -0.15) is 0 Å². The Morgan fingerprint density at radius 3 is 2.76 bits per heavy atom. The van der Waals surface area contributed by atoms with Gasteiger partial charge in [0.05, 0.1) is 0 Å². The van der Waals surface area contributed by atoms with Gasteiger partial charge in [-0.3, -0.25) is 4.79 Å². The normalized spacial score (nSPS) is 15.0. The van der Waals surface area contributed by atoms with Crippen LogP contribution in [0.4, 0.5) is 5.82 Å². The van der Waals surface area contributed by atoms with Crippen LogP contribution in [0, 0.1) is 5.92 Å². The molecule has 4 nitrogen and oxygen atoms in total. The number of pyridine rings is 1. The highest BCUT2D eigenvalue weighted by Crippen LogP contribution is 2.30. The number of aromatic nitrogens is 1. The molecule has 0 aliphatic heterocycles. The van der Waals surface area contributed by atoms with Crippen molar-refractivity contribution in [3.63, 3.8) is 0 Å². The molecule has 0 radical (unpaired) electrons. The molecule has 17 heavy (non-hydrogen) atoms. The van der Waals surface area contributed by atoms with Crippen LogP contribution in [0.3, 0.4) is 0 Å². The Labute approximate surface area is 102 Å². The number of anilines is 1. The molecule has 1 saturated carbocycles. The number of nitrogen functional groups attached to an aromatic ring is 1. The fourth-order valence-corrected chi connectivity index (χ4v) is 1.82. The van der Waals surface area contributed by atoms with Crippen molar-refractivity contribution in [3.8, 4) is 0 Å². The third-order valence-corrected chi connectivity index (χ3v) is 3.03. The number of amides is 1. The van der Waals surface area contributed by atoms with Crippen LogP contribution >= 0.6 is 0 Å². The predicted octanol–water partition coefficient (Wildman–Crippen LogP) is 1.92. The summed E-state index contributed by atoms with van der Waals surface area (Å²) in [7, 11) is 0. The summed E-state index contributed by atoms with van der Waals surface area (Å²) in [5.41, 5.74) is 6.05. The van der Waals surface area contributed by atoms with Gasteiger partial charge >= 0.3 is 0 Å². The van der Waals surface area contributed by atoms with E-state index in [0.29, 0.717) is 17.4 Å². The molecule has 2 rings (SSSR count). The molecule has 1 fully saturated rings. The number of carbonyl (C=O) groups is 1. The lowest BCUT2D eigenvalue weighted by atomic mass is 10.2. The van der Waals surface area contributed by atoms with Crippen LogP contribution in [-0.4, -0.2) is 28.4 Å². The Bertz CT molecular complexity index is 413. The van der Waals surface area contributed by atoms with Crippen molar-refractivity contribution in [2.75, 3.05) is 12.3 Å². The van der Waals surface area contributed by atoms with E-state index in [1.54, 1.807) is 18.2 Å². The summed E-state index contributed by atoms with van der Waals surface area (Å²) in [5, 5.41) is 0. The van der Waals surface area contributed by atoms with Crippen LogP contribution in [0.1, 0.15) is 37.2 Å². The highest BCUT2D eigenvalue weighted by molar-refractivity contribution is 5.92. The Kier molecular flexibility index (Phi) is 3.31. The lowest BCUT2D eigenvalue weighted by molar-refractivity contribution is 0.0690. The van der Waals surface area contributed by atoms with Crippen molar-refractivity contribution >= 4 is 11.7 Å². The van der Waals surface area contributed by atoms with Crippen molar-refractivity contribution in [2.24, 2.45) is 5.92 Å². The molecule has 0 aromatic carbocycles. The Morgan fingerprint density at radius 1 is 1.53 bits per heavy atom. The van der Waals surface area contributed by atoms with Gasteiger partial charge in [-0.15, -0.1) is 0 Å². The van der Waals surface area contributed by atoms with Crippen molar-refractivity contribution in [1.29, 1.82) is 0 Å². The highest BCUT2D eigenvalue weighted by atomic mass is 16.2. The van der Waals surface area contributed by atoms with Crippen LogP contribution in [0.25, 0.3) is 0 Å². The van der Waals surface area contributed by atoms with E-state index in [0.717, 1.165) is 6.54 Å².